The molecule has 0 aromatic heterocycles. The van der Waals surface area contributed by atoms with Crippen LogP contribution < -0.4 is 10.0 Å². The number of hydrogen-bond acceptors (Lipinski definition) is 3. The molecule has 128 valence electrons. The lowest BCUT2D eigenvalue weighted by atomic mass is 9.69. The summed E-state index contributed by atoms with van der Waals surface area (Å²) in [5, 5.41) is 2.73. The van der Waals surface area contributed by atoms with Gasteiger partial charge in [-0.2, -0.15) is 0 Å². The molecule has 1 saturated carbocycles. The molecule has 1 aliphatic heterocycles. The zero-order valence-corrected chi connectivity index (χ0v) is 14.4. The molecule has 22 heavy (non-hydrogen) atoms. The number of amides is 2. The van der Waals surface area contributed by atoms with E-state index < -0.39 is 10.0 Å². The minimum atomic E-state index is -3.26. The van der Waals surface area contributed by atoms with E-state index in [2.05, 4.69) is 10.0 Å². The number of nitrogens with one attached hydrogen (secondary N) is 2. The molecule has 0 atom stereocenters. The van der Waals surface area contributed by atoms with Crippen molar-refractivity contribution in [3.8, 4) is 0 Å². The lowest BCUT2D eigenvalue weighted by Gasteiger charge is -2.36. The van der Waals surface area contributed by atoms with Gasteiger partial charge in [0.1, 0.15) is 0 Å². The highest BCUT2D eigenvalue weighted by Crippen LogP contribution is 2.44. The maximum atomic E-state index is 12.2. The van der Waals surface area contributed by atoms with Gasteiger partial charge >= 0.3 is 6.03 Å². The molecular weight excluding hydrogens is 302 g/mol. The number of sulfonamides is 1. The molecule has 2 rings (SSSR count). The van der Waals surface area contributed by atoms with Gasteiger partial charge in [0.15, 0.2) is 0 Å². The van der Waals surface area contributed by atoms with Gasteiger partial charge < -0.3 is 10.2 Å². The van der Waals surface area contributed by atoms with Crippen LogP contribution in [0.4, 0.5) is 4.79 Å². The molecule has 1 saturated heterocycles. The van der Waals surface area contributed by atoms with E-state index in [1.54, 1.807) is 0 Å². The van der Waals surface area contributed by atoms with E-state index in [0.29, 0.717) is 5.41 Å². The number of hydrogen-bond donors (Lipinski definition) is 2. The summed E-state index contributed by atoms with van der Waals surface area (Å²) >= 11 is 0. The van der Waals surface area contributed by atoms with E-state index in [-0.39, 0.29) is 18.3 Å². The molecular formula is C15H29N3O3S. The number of rotatable bonds is 4. The molecule has 2 fully saturated rings. The quantitative estimate of drug-likeness (QED) is 0.823. The first-order chi connectivity index (χ1) is 10.5. The van der Waals surface area contributed by atoms with Crippen molar-refractivity contribution in [1.29, 1.82) is 0 Å². The first-order valence-electron chi connectivity index (χ1n) is 8.40. The topological polar surface area (TPSA) is 78.5 Å². The number of carbonyl (C=O) groups is 1. The van der Waals surface area contributed by atoms with Gasteiger partial charge in [0.25, 0.3) is 0 Å². The van der Waals surface area contributed by atoms with Crippen LogP contribution in [0, 0.1) is 5.41 Å². The Balaban J connectivity index is 1.79. The molecule has 0 unspecified atom stereocenters. The highest BCUT2D eigenvalue weighted by molar-refractivity contribution is 7.89. The van der Waals surface area contributed by atoms with Gasteiger partial charge in [-0.05, 0) is 44.6 Å². The Morgan fingerprint density at radius 1 is 1.05 bits per heavy atom. The van der Waals surface area contributed by atoms with E-state index in [4.69, 9.17) is 0 Å². The Morgan fingerprint density at radius 3 is 2.41 bits per heavy atom. The molecule has 6 nitrogen and oxygen atoms in total. The first-order valence-corrected chi connectivity index (χ1v) is 10.1. The average molecular weight is 331 g/mol. The monoisotopic (exact) mass is 331 g/mol. The van der Waals surface area contributed by atoms with Crippen molar-refractivity contribution in [2.75, 3.05) is 32.4 Å². The molecule has 1 spiro atoms. The second kappa shape index (κ2) is 7.64. The number of likely N-dealkylation sites (tertiary alicyclic amines) is 1. The molecule has 2 amide bonds. The third-order valence-electron chi connectivity index (χ3n) is 5.21. The van der Waals surface area contributed by atoms with Crippen LogP contribution in [-0.2, 0) is 10.0 Å². The molecule has 2 N–H and O–H groups in total. The fourth-order valence-electron chi connectivity index (χ4n) is 3.76. The van der Waals surface area contributed by atoms with E-state index >= 15 is 0 Å². The van der Waals surface area contributed by atoms with Crippen molar-refractivity contribution < 1.29 is 13.2 Å². The van der Waals surface area contributed by atoms with Gasteiger partial charge in [0.05, 0.1) is 5.75 Å². The molecule has 2 aliphatic rings. The molecule has 0 bridgehead atoms. The second-order valence-corrected chi connectivity index (χ2v) is 8.70. The smallest absolute Gasteiger partial charge is 0.317 e. The fourth-order valence-corrected chi connectivity index (χ4v) is 4.34. The van der Waals surface area contributed by atoms with Gasteiger partial charge in [0, 0.05) is 19.6 Å². The summed E-state index contributed by atoms with van der Waals surface area (Å²) in [6, 6.07) is -0.126. The number of carbonyl (C=O) groups excluding carboxylic acids is 1. The normalized spacial score (nSPS) is 22.3. The highest BCUT2D eigenvalue weighted by atomic mass is 32.2. The lowest BCUT2D eigenvalue weighted by molar-refractivity contribution is 0.157. The van der Waals surface area contributed by atoms with Crippen LogP contribution in [-0.4, -0.2) is 51.8 Å². The maximum Gasteiger partial charge on any atom is 0.317 e. The zero-order valence-electron chi connectivity index (χ0n) is 13.6. The van der Waals surface area contributed by atoms with Crippen molar-refractivity contribution in [3.05, 3.63) is 0 Å². The number of nitrogens with zero attached hydrogens (tertiary/aromatic N) is 1. The third kappa shape index (κ3) is 4.84. The van der Waals surface area contributed by atoms with Crippen molar-refractivity contribution in [2.24, 2.45) is 5.41 Å². The molecule has 0 aromatic carbocycles. The Bertz CT molecular complexity index is 472. The van der Waals surface area contributed by atoms with E-state index in [9.17, 15) is 13.2 Å². The summed E-state index contributed by atoms with van der Waals surface area (Å²) in [6.07, 6.45) is 10.0. The third-order valence-corrected chi connectivity index (χ3v) is 6.57. The minimum absolute atomic E-state index is 0.0764. The van der Waals surface area contributed by atoms with Crippen molar-refractivity contribution in [3.63, 3.8) is 0 Å². The van der Waals surface area contributed by atoms with E-state index in [1.807, 2.05) is 4.90 Å². The average Bonchev–Trinajstić information content (AvgIpc) is 2.71. The van der Waals surface area contributed by atoms with Gasteiger partial charge in [-0.15, -0.1) is 0 Å². The molecule has 1 aliphatic carbocycles. The standard InChI is InChI=1S/C15H29N3O3S/c1-16-22(20,21)13-10-17-14(19)18-11-5-8-15(9-12-18)6-3-2-4-7-15/h16H,2-13H2,1H3,(H,17,19). The molecule has 7 heteroatoms. The van der Waals surface area contributed by atoms with Crippen LogP contribution in [0.2, 0.25) is 0 Å². The molecule has 1 heterocycles. The van der Waals surface area contributed by atoms with Crippen LogP contribution in [0.1, 0.15) is 51.4 Å². The van der Waals surface area contributed by atoms with Gasteiger partial charge in [-0.1, -0.05) is 19.3 Å². The van der Waals surface area contributed by atoms with Gasteiger partial charge in [0.2, 0.25) is 10.0 Å². The lowest BCUT2D eigenvalue weighted by Crippen LogP contribution is -2.43. The van der Waals surface area contributed by atoms with Gasteiger partial charge in [-0.25, -0.2) is 17.9 Å². The minimum Gasteiger partial charge on any atom is -0.337 e. The van der Waals surface area contributed by atoms with Crippen LogP contribution >= 0.6 is 0 Å². The Hall–Kier alpha value is -0.820. The van der Waals surface area contributed by atoms with E-state index in [1.165, 1.54) is 45.6 Å². The maximum absolute atomic E-state index is 12.2. The first kappa shape index (κ1) is 17.5. The highest BCUT2D eigenvalue weighted by Gasteiger charge is 2.34. The predicted octanol–water partition coefficient (Wildman–Crippen LogP) is 1.68. The predicted molar refractivity (Wildman–Crippen MR) is 87.2 cm³/mol. The molecule has 0 aromatic rings. The van der Waals surface area contributed by atoms with Crippen molar-refractivity contribution in [1.82, 2.24) is 14.9 Å². The summed E-state index contributed by atoms with van der Waals surface area (Å²) in [5.74, 6) is -0.0764. The van der Waals surface area contributed by atoms with Gasteiger partial charge in [-0.3, -0.25) is 0 Å². The second-order valence-electron chi connectivity index (χ2n) is 6.66. The number of urea groups is 1. The van der Waals surface area contributed by atoms with Crippen LogP contribution in [0.25, 0.3) is 0 Å². The summed E-state index contributed by atoms with van der Waals surface area (Å²) in [6.45, 7) is 1.74. The van der Waals surface area contributed by atoms with Crippen LogP contribution in [0.15, 0.2) is 0 Å². The Kier molecular flexibility index (Phi) is 6.09. The van der Waals surface area contributed by atoms with Crippen molar-refractivity contribution in [2.45, 2.75) is 51.4 Å². The van der Waals surface area contributed by atoms with Crippen molar-refractivity contribution >= 4 is 16.1 Å². The summed E-state index contributed by atoms with van der Waals surface area (Å²) < 4.78 is 24.9. The largest absolute Gasteiger partial charge is 0.337 e. The SMILES string of the molecule is CNS(=O)(=O)CCNC(=O)N1CCCC2(CCCCC2)CC1. The fraction of sp³-hybridized carbons (Fsp3) is 0.933. The molecule has 0 radical (unpaired) electrons. The summed E-state index contributed by atoms with van der Waals surface area (Å²) in [7, 11) is -1.87. The van der Waals surface area contributed by atoms with Crippen LogP contribution in [0.3, 0.4) is 0 Å². The summed E-state index contributed by atoms with van der Waals surface area (Å²) in [5.41, 5.74) is 0.461. The van der Waals surface area contributed by atoms with E-state index in [0.717, 1.165) is 25.9 Å². The van der Waals surface area contributed by atoms with Crippen LogP contribution in [0.5, 0.6) is 0 Å². The zero-order chi connectivity index (χ0) is 16.1. The summed E-state index contributed by atoms with van der Waals surface area (Å²) in [4.78, 5) is 14.1. The Labute approximate surface area is 134 Å². The Morgan fingerprint density at radius 2 is 1.73 bits per heavy atom.